The number of rotatable bonds is 17. The summed E-state index contributed by atoms with van der Waals surface area (Å²) in [6, 6.07) is 15.3. The molecular formula is C41H59N7O5. The van der Waals surface area contributed by atoms with E-state index in [9.17, 15) is 24.0 Å². The van der Waals surface area contributed by atoms with Gasteiger partial charge in [-0.1, -0.05) is 74.5 Å². The predicted molar refractivity (Wildman–Crippen MR) is 204 cm³/mol. The molecule has 0 bridgehead atoms. The number of hydrogen-bond acceptors (Lipinski definition) is 7. The average molecular weight is 730 g/mol. The fourth-order valence-electron chi connectivity index (χ4n) is 8.61. The van der Waals surface area contributed by atoms with E-state index in [1.165, 1.54) is 0 Å². The third kappa shape index (κ3) is 10.9. The SMILES string of the molecule is CC(C)C[C@@H](NC(=O)[C@@H](Cc1ccccc1)NC(=O)[C@H](N)Cc1ccccc1)C(=O)N[C@H](CCCCN)C(=O)N1CCC2(CC1)CC1(CNC(=O)C1)C2. The van der Waals surface area contributed by atoms with Crippen LogP contribution in [-0.2, 0) is 36.8 Å². The molecule has 3 fully saturated rings. The van der Waals surface area contributed by atoms with Gasteiger partial charge in [0.1, 0.15) is 18.1 Å². The molecule has 0 unspecified atom stereocenters. The molecule has 0 radical (unpaired) electrons. The number of benzene rings is 2. The molecule has 2 aliphatic heterocycles. The Balaban J connectivity index is 1.24. The van der Waals surface area contributed by atoms with Crippen LogP contribution >= 0.6 is 0 Å². The number of carbonyl (C=O) groups is 5. The summed E-state index contributed by atoms with van der Waals surface area (Å²) >= 11 is 0. The van der Waals surface area contributed by atoms with Gasteiger partial charge in [0, 0.05) is 32.5 Å². The van der Waals surface area contributed by atoms with Gasteiger partial charge in [-0.25, -0.2) is 0 Å². The minimum Gasteiger partial charge on any atom is -0.356 e. The lowest BCUT2D eigenvalue weighted by atomic mass is 9.49. The van der Waals surface area contributed by atoms with Crippen LogP contribution in [0.3, 0.4) is 0 Å². The van der Waals surface area contributed by atoms with E-state index < -0.39 is 41.9 Å². The summed E-state index contributed by atoms with van der Waals surface area (Å²) in [5.41, 5.74) is 14.1. The van der Waals surface area contributed by atoms with E-state index in [1.807, 2.05) is 79.4 Å². The second-order valence-corrected chi connectivity index (χ2v) is 16.2. The van der Waals surface area contributed by atoms with Gasteiger partial charge in [0.25, 0.3) is 0 Å². The van der Waals surface area contributed by atoms with Crippen molar-refractivity contribution >= 4 is 29.5 Å². The van der Waals surface area contributed by atoms with E-state index in [1.54, 1.807) is 0 Å². The molecule has 12 heteroatoms. The van der Waals surface area contributed by atoms with Gasteiger partial charge in [0.15, 0.2) is 0 Å². The first kappa shape index (κ1) is 39.9. The number of carbonyl (C=O) groups excluding carboxylic acids is 5. The van der Waals surface area contributed by atoms with Gasteiger partial charge in [-0.2, -0.15) is 0 Å². The lowest BCUT2D eigenvalue weighted by Gasteiger charge is -2.57. The smallest absolute Gasteiger partial charge is 0.245 e. The van der Waals surface area contributed by atoms with E-state index in [4.69, 9.17) is 11.5 Å². The summed E-state index contributed by atoms with van der Waals surface area (Å²) in [6.45, 7) is 6.39. The van der Waals surface area contributed by atoms with E-state index in [-0.39, 0.29) is 35.0 Å². The highest BCUT2D eigenvalue weighted by Gasteiger charge is 2.57. The first-order chi connectivity index (χ1) is 25.4. The normalized spacial score (nSPS) is 19.5. The highest BCUT2D eigenvalue weighted by Crippen LogP contribution is 2.62. The predicted octanol–water partition coefficient (Wildman–Crippen LogP) is 2.34. The first-order valence-corrected chi connectivity index (χ1v) is 19.4. The highest BCUT2D eigenvalue weighted by atomic mass is 16.2. The van der Waals surface area contributed by atoms with Gasteiger partial charge in [-0.15, -0.1) is 0 Å². The van der Waals surface area contributed by atoms with Crippen molar-refractivity contribution in [2.45, 2.75) is 109 Å². The molecule has 1 aliphatic carbocycles. The van der Waals surface area contributed by atoms with Crippen LogP contribution in [0.25, 0.3) is 0 Å². The monoisotopic (exact) mass is 729 g/mol. The van der Waals surface area contributed by atoms with Crippen LogP contribution < -0.4 is 32.7 Å². The van der Waals surface area contributed by atoms with Crippen molar-refractivity contribution in [1.29, 1.82) is 0 Å². The summed E-state index contributed by atoms with van der Waals surface area (Å²) in [5, 5.41) is 11.8. The molecule has 12 nitrogen and oxygen atoms in total. The minimum atomic E-state index is -0.986. The largest absolute Gasteiger partial charge is 0.356 e. The van der Waals surface area contributed by atoms with Crippen LogP contribution in [-0.4, -0.2) is 84.8 Å². The summed E-state index contributed by atoms with van der Waals surface area (Å²) in [6.07, 6.45) is 7.07. The first-order valence-electron chi connectivity index (χ1n) is 19.4. The van der Waals surface area contributed by atoms with E-state index in [0.717, 1.165) is 49.8 Å². The van der Waals surface area contributed by atoms with Gasteiger partial charge in [0.2, 0.25) is 29.5 Å². The van der Waals surface area contributed by atoms with Crippen LogP contribution in [0.15, 0.2) is 60.7 Å². The summed E-state index contributed by atoms with van der Waals surface area (Å²) in [7, 11) is 0. The Morgan fingerprint density at radius 1 is 0.774 bits per heavy atom. The fourth-order valence-corrected chi connectivity index (χ4v) is 8.61. The van der Waals surface area contributed by atoms with E-state index in [0.29, 0.717) is 51.7 Å². The number of amides is 5. The molecule has 5 amide bonds. The van der Waals surface area contributed by atoms with Crippen molar-refractivity contribution < 1.29 is 24.0 Å². The number of nitrogens with two attached hydrogens (primary N) is 2. The molecule has 2 saturated heterocycles. The molecule has 53 heavy (non-hydrogen) atoms. The molecule has 0 aromatic heterocycles. The molecule has 2 aromatic carbocycles. The van der Waals surface area contributed by atoms with E-state index >= 15 is 0 Å². The lowest BCUT2D eigenvalue weighted by molar-refractivity contribution is -0.143. The fraction of sp³-hybridized carbons (Fsp3) is 0.585. The van der Waals surface area contributed by atoms with Crippen LogP contribution in [0.5, 0.6) is 0 Å². The molecule has 8 N–H and O–H groups in total. The third-order valence-corrected chi connectivity index (χ3v) is 11.3. The number of nitrogens with zero attached hydrogens (tertiary/aromatic N) is 1. The minimum absolute atomic E-state index is 0.0494. The number of unbranched alkanes of at least 4 members (excludes halogenated alkanes) is 1. The van der Waals surface area contributed by atoms with Gasteiger partial charge >= 0.3 is 0 Å². The Morgan fingerprint density at radius 2 is 1.34 bits per heavy atom. The molecule has 288 valence electrons. The van der Waals surface area contributed by atoms with Crippen molar-refractivity contribution in [3.8, 4) is 0 Å². The standard InChI is InChI=1S/C41H59N7O5/c1-28(2)21-33(47-38(52)34(23-30-13-7-4-8-14-30)46-36(50)31(43)22-29-11-5-3-6-12-29)37(51)45-32(15-9-10-18-42)39(53)48-19-16-40(17-20-48)25-41(26-40)24-35(49)44-27-41/h3-8,11-14,28,31-34H,9-10,15-27,42-43H2,1-2H3,(H,44,49)(H,45,51)(H,46,50)(H,47,52)/t31-,32-,33-,34-/m1/s1. The van der Waals surface area contributed by atoms with Crippen LogP contribution in [0, 0.1) is 16.7 Å². The molecule has 2 spiro atoms. The molecular weight excluding hydrogens is 670 g/mol. The quantitative estimate of drug-likeness (QED) is 0.135. The molecule has 2 heterocycles. The van der Waals surface area contributed by atoms with Gasteiger partial charge in [-0.3, -0.25) is 24.0 Å². The number of piperidine rings is 1. The Kier molecular flexibility index (Phi) is 13.7. The maximum atomic E-state index is 14.0. The number of likely N-dealkylation sites (tertiary alicyclic amines) is 1. The highest BCUT2D eigenvalue weighted by molar-refractivity contribution is 5.95. The van der Waals surface area contributed by atoms with E-state index in [2.05, 4.69) is 21.3 Å². The van der Waals surface area contributed by atoms with Crippen molar-refractivity contribution in [2.24, 2.45) is 28.2 Å². The summed E-state index contributed by atoms with van der Waals surface area (Å²) < 4.78 is 0. The maximum absolute atomic E-state index is 14.0. The number of nitrogens with one attached hydrogen (secondary N) is 4. The molecule has 2 aromatic rings. The third-order valence-electron chi connectivity index (χ3n) is 11.3. The number of hydrogen-bond donors (Lipinski definition) is 6. The summed E-state index contributed by atoms with van der Waals surface area (Å²) in [5.74, 6) is -1.33. The Bertz CT molecular complexity index is 1550. The van der Waals surface area contributed by atoms with Crippen LogP contribution in [0.4, 0.5) is 0 Å². The van der Waals surface area contributed by atoms with Crippen molar-refractivity contribution in [3.63, 3.8) is 0 Å². The molecule has 5 rings (SSSR count). The maximum Gasteiger partial charge on any atom is 0.245 e. The molecule has 1 saturated carbocycles. The van der Waals surface area contributed by atoms with Crippen molar-refractivity contribution in [1.82, 2.24) is 26.2 Å². The van der Waals surface area contributed by atoms with Gasteiger partial charge in [-0.05, 0) is 92.2 Å². The van der Waals surface area contributed by atoms with Gasteiger partial charge in [0.05, 0.1) is 6.04 Å². The van der Waals surface area contributed by atoms with Crippen LogP contribution in [0.1, 0.15) is 82.8 Å². The molecule has 3 aliphatic rings. The Hall–Kier alpha value is -4.29. The zero-order valence-corrected chi connectivity index (χ0v) is 31.4. The average Bonchev–Trinajstić information content (AvgIpc) is 3.51. The van der Waals surface area contributed by atoms with Crippen molar-refractivity contribution in [2.75, 3.05) is 26.2 Å². The second-order valence-electron chi connectivity index (χ2n) is 16.2. The lowest BCUT2D eigenvalue weighted by Crippen LogP contribution is -2.59. The second kappa shape index (κ2) is 18.2. The van der Waals surface area contributed by atoms with Gasteiger partial charge < -0.3 is 37.6 Å². The van der Waals surface area contributed by atoms with Crippen LogP contribution in [0.2, 0.25) is 0 Å². The Morgan fingerprint density at radius 3 is 1.91 bits per heavy atom. The zero-order valence-electron chi connectivity index (χ0n) is 31.4. The molecule has 4 atom stereocenters. The Labute approximate surface area is 314 Å². The zero-order chi connectivity index (χ0) is 38.0. The summed E-state index contributed by atoms with van der Waals surface area (Å²) in [4.78, 5) is 69.1. The van der Waals surface area contributed by atoms with Crippen molar-refractivity contribution in [3.05, 3.63) is 71.8 Å². The topological polar surface area (TPSA) is 189 Å².